The van der Waals surface area contributed by atoms with Crippen molar-refractivity contribution >= 4 is 35.1 Å². The Hall–Kier alpha value is -3.13. The van der Waals surface area contributed by atoms with Crippen LogP contribution in [0.3, 0.4) is 0 Å². The van der Waals surface area contributed by atoms with Crippen LogP contribution in [0.4, 0.5) is 5.69 Å². The average Bonchev–Trinajstić information content (AvgIpc) is 2.62. The maximum Gasteiger partial charge on any atom is 0.262 e. The Labute approximate surface area is 157 Å². The fraction of sp³-hybridized carbons (Fsp3) is 0.167. The van der Waals surface area contributed by atoms with E-state index in [1.807, 2.05) is 31.2 Å². The zero-order valence-corrected chi connectivity index (χ0v) is 15.3. The van der Waals surface area contributed by atoms with Gasteiger partial charge in [0.15, 0.2) is 23.2 Å². The quantitative estimate of drug-likeness (QED) is 0.392. The number of ether oxygens (including phenoxy) is 2. The third-order valence-electron chi connectivity index (χ3n) is 3.27. The molecule has 2 aromatic rings. The molecule has 0 radical (unpaired) electrons. The molecule has 1 amide bonds. The van der Waals surface area contributed by atoms with Crippen LogP contribution in [0.5, 0.6) is 11.5 Å². The predicted octanol–water partition coefficient (Wildman–Crippen LogP) is 2.19. The molecule has 0 aliphatic carbocycles. The normalized spacial score (nSPS) is 10.4. The number of nitrogens with zero attached hydrogens (tertiary/aromatic N) is 1. The van der Waals surface area contributed by atoms with Crippen LogP contribution in [-0.2, 0) is 4.79 Å². The first-order valence-corrected chi connectivity index (χ1v) is 8.14. The molecule has 0 atom stereocenters. The minimum atomic E-state index is -0.262. The van der Waals surface area contributed by atoms with Gasteiger partial charge >= 0.3 is 0 Å². The summed E-state index contributed by atoms with van der Waals surface area (Å²) in [5, 5.41) is 6.72. The van der Waals surface area contributed by atoms with Crippen LogP contribution in [-0.4, -0.2) is 31.0 Å². The van der Waals surface area contributed by atoms with Crippen LogP contribution in [0, 0.1) is 6.92 Å². The second kappa shape index (κ2) is 9.38. The summed E-state index contributed by atoms with van der Waals surface area (Å²) in [6.45, 7) is 1.84. The number of methoxy groups -OCH3 is 1. The fourth-order valence-electron chi connectivity index (χ4n) is 2.03. The van der Waals surface area contributed by atoms with Crippen molar-refractivity contribution in [3.8, 4) is 11.5 Å². The minimum Gasteiger partial charge on any atom is -0.493 e. The first-order valence-electron chi connectivity index (χ1n) is 7.74. The molecule has 2 aromatic carbocycles. The largest absolute Gasteiger partial charge is 0.493 e. The summed E-state index contributed by atoms with van der Waals surface area (Å²) < 4.78 is 10.8. The van der Waals surface area contributed by atoms with Crippen molar-refractivity contribution in [3.63, 3.8) is 0 Å². The van der Waals surface area contributed by atoms with Gasteiger partial charge < -0.3 is 20.5 Å². The molecule has 7 nitrogen and oxygen atoms in total. The third-order valence-corrected chi connectivity index (χ3v) is 3.36. The predicted molar refractivity (Wildman–Crippen MR) is 106 cm³/mol. The monoisotopic (exact) mass is 372 g/mol. The summed E-state index contributed by atoms with van der Waals surface area (Å²) in [4.78, 5) is 12.0. The molecule has 0 aliphatic rings. The maximum absolute atomic E-state index is 12.0. The van der Waals surface area contributed by atoms with E-state index in [2.05, 4.69) is 28.1 Å². The lowest BCUT2D eigenvalue weighted by Gasteiger charge is -2.11. The van der Waals surface area contributed by atoms with Gasteiger partial charge in [-0.3, -0.25) is 10.2 Å². The van der Waals surface area contributed by atoms with Gasteiger partial charge in [-0.2, -0.15) is 5.10 Å². The summed E-state index contributed by atoms with van der Waals surface area (Å²) >= 11 is 4.66. The van der Waals surface area contributed by atoms with Crippen molar-refractivity contribution in [2.45, 2.75) is 6.92 Å². The van der Waals surface area contributed by atoms with Crippen LogP contribution < -0.4 is 25.9 Å². The number of hydrazone groups is 1. The zero-order chi connectivity index (χ0) is 18.9. The molecule has 0 saturated carbocycles. The highest BCUT2D eigenvalue weighted by Crippen LogP contribution is 2.27. The Morgan fingerprint density at radius 1 is 1.23 bits per heavy atom. The number of hydrogen-bond donors (Lipinski definition) is 3. The standard InChI is InChI=1S/C18H20N4O3S/c1-12-3-6-14(7-4-12)21-17(23)11-25-15-8-5-13(9-16(15)24-2)10-20-22-18(19)26/h3-10H,11H2,1-2H3,(H,21,23)(H3,19,22,26)/b20-10-. The van der Waals surface area contributed by atoms with Gasteiger partial charge in [-0.15, -0.1) is 0 Å². The number of carbonyl (C=O) groups excluding carboxylic acids is 1. The van der Waals surface area contributed by atoms with Crippen LogP contribution in [0.15, 0.2) is 47.6 Å². The van der Waals surface area contributed by atoms with Crippen molar-refractivity contribution in [1.29, 1.82) is 0 Å². The molecule has 8 heteroatoms. The molecule has 0 aromatic heterocycles. The molecule has 0 unspecified atom stereocenters. The lowest BCUT2D eigenvalue weighted by atomic mass is 10.2. The van der Waals surface area contributed by atoms with E-state index in [1.54, 1.807) is 18.2 Å². The lowest BCUT2D eigenvalue weighted by Crippen LogP contribution is -2.24. The van der Waals surface area contributed by atoms with Crippen molar-refractivity contribution in [2.24, 2.45) is 10.8 Å². The Morgan fingerprint density at radius 2 is 1.96 bits per heavy atom. The number of rotatable bonds is 7. The number of hydrogen-bond acceptors (Lipinski definition) is 5. The summed E-state index contributed by atoms with van der Waals surface area (Å²) in [6, 6.07) is 12.7. The van der Waals surface area contributed by atoms with E-state index >= 15 is 0 Å². The van der Waals surface area contributed by atoms with E-state index in [9.17, 15) is 4.79 Å². The second-order valence-corrected chi connectivity index (χ2v) is 5.79. The van der Waals surface area contributed by atoms with Gasteiger partial charge in [0.05, 0.1) is 13.3 Å². The van der Waals surface area contributed by atoms with Crippen LogP contribution in [0.1, 0.15) is 11.1 Å². The molecule has 0 heterocycles. The Kier molecular flexibility index (Phi) is 6.92. The maximum atomic E-state index is 12.0. The summed E-state index contributed by atoms with van der Waals surface area (Å²) in [5.41, 5.74) is 10.3. The van der Waals surface area contributed by atoms with Gasteiger partial charge in [0.25, 0.3) is 5.91 Å². The number of thiocarbonyl (C=S) groups is 1. The van der Waals surface area contributed by atoms with Gasteiger partial charge in [-0.1, -0.05) is 17.7 Å². The molecular formula is C18H20N4O3S. The molecule has 136 valence electrons. The zero-order valence-electron chi connectivity index (χ0n) is 14.5. The number of nitrogens with two attached hydrogens (primary N) is 1. The lowest BCUT2D eigenvalue weighted by molar-refractivity contribution is -0.118. The minimum absolute atomic E-state index is 0.0766. The van der Waals surface area contributed by atoms with E-state index in [1.165, 1.54) is 13.3 Å². The molecule has 0 saturated heterocycles. The van der Waals surface area contributed by atoms with Gasteiger partial charge in [0, 0.05) is 5.69 Å². The molecule has 2 rings (SSSR count). The van der Waals surface area contributed by atoms with Crippen LogP contribution in [0.2, 0.25) is 0 Å². The number of anilines is 1. The first-order chi connectivity index (χ1) is 12.5. The van der Waals surface area contributed by atoms with Gasteiger partial charge in [-0.05, 0) is 55.0 Å². The number of amides is 1. The van der Waals surface area contributed by atoms with E-state index < -0.39 is 0 Å². The van der Waals surface area contributed by atoms with Crippen molar-refractivity contribution < 1.29 is 14.3 Å². The van der Waals surface area contributed by atoms with E-state index in [-0.39, 0.29) is 17.6 Å². The van der Waals surface area contributed by atoms with Gasteiger partial charge in [0.1, 0.15) is 0 Å². The molecule has 0 spiro atoms. The van der Waals surface area contributed by atoms with Crippen molar-refractivity contribution in [2.75, 3.05) is 19.0 Å². The molecule has 0 aliphatic heterocycles. The number of aryl methyl sites for hydroxylation is 1. The Balaban J connectivity index is 1.95. The summed E-state index contributed by atoms with van der Waals surface area (Å²) in [7, 11) is 1.52. The molecular weight excluding hydrogens is 352 g/mol. The number of benzene rings is 2. The van der Waals surface area contributed by atoms with Crippen molar-refractivity contribution in [1.82, 2.24) is 5.43 Å². The van der Waals surface area contributed by atoms with E-state index in [4.69, 9.17) is 15.2 Å². The number of nitrogens with one attached hydrogen (secondary N) is 2. The fourth-order valence-corrected chi connectivity index (χ4v) is 2.08. The van der Waals surface area contributed by atoms with Crippen LogP contribution >= 0.6 is 12.2 Å². The third kappa shape index (κ3) is 6.06. The van der Waals surface area contributed by atoms with Gasteiger partial charge in [0.2, 0.25) is 0 Å². The average molecular weight is 372 g/mol. The second-order valence-electron chi connectivity index (χ2n) is 5.35. The highest BCUT2D eigenvalue weighted by Gasteiger charge is 2.08. The highest BCUT2D eigenvalue weighted by atomic mass is 32.1. The van der Waals surface area contributed by atoms with Gasteiger partial charge in [-0.25, -0.2) is 0 Å². The Morgan fingerprint density at radius 3 is 2.62 bits per heavy atom. The first kappa shape index (κ1) is 19.2. The smallest absolute Gasteiger partial charge is 0.262 e. The molecule has 26 heavy (non-hydrogen) atoms. The SMILES string of the molecule is COc1cc(/C=N\NC(N)=S)ccc1OCC(=O)Nc1ccc(C)cc1. The topological polar surface area (TPSA) is 98.0 Å². The summed E-state index contributed by atoms with van der Waals surface area (Å²) in [5.74, 6) is 0.667. The van der Waals surface area contributed by atoms with E-state index in [0.29, 0.717) is 17.2 Å². The highest BCUT2D eigenvalue weighted by molar-refractivity contribution is 7.80. The van der Waals surface area contributed by atoms with Crippen molar-refractivity contribution in [3.05, 3.63) is 53.6 Å². The van der Waals surface area contributed by atoms with Crippen LogP contribution in [0.25, 0.3) is 0 Å². The number of carbonyl (C=O) groups is 1. The van der Waals surface area contributed by atoms with E-state index in [0.717, 1.165) is 11.1 Å². The Bertz CT molecular complexity index is 807. The molecule has 0 fully saturated rings. The molecule has 4 N–H and O–H groups in total. The summed E-state index contributed by atoms with van der Waals surface area (Å²) in [6.07, 6.45) is 1.54. The molecule has 0 bridgehead atoms.